The highest BCUT2D eigenvalue weighted by atomic mass is 32.1. The molecule has 2 rings (SSSR count). The third-order valence-corrected chi connectivity index (χ3v) is 4.77. The Labute approximate surface area is 114 Å². The molecule has 2 aliphatic rings. The van der Waals surface area contributed by atoms with Crippen LogP contribution in [0.4, 0.5) is 4.79 Å². The van der Waals surface area contributed by atoms with Crippen LogP contribution in [0, 0.1) is 11.8 Å². The Balaban J connectivity index is 2.09. The van der Waals surface area contributed by atoms with Gasteiger partial charge in [-0.05, 0) is 30.4 Å². The minimum absolute atomic E-state index is 0.0163. The SMILES string of the molecule is CC(C)C(CS)CN1C(=O)NC2(CCCC2)C1=O. The minimum atomic E-state index is -0.574. The first-order valence-corrected chi connectivity index (χ1v) is 7.38. The zero-order valence-corrected chi connectivity index (χ0v) is 12.0. The minimum Gasteiger partial charge on any atom is -0.323 e. The number of urea groups is 1. The summed E-state index contributed by atoms with van der Waals surface area (Å²) in [6.07, 6.45) is 3.64. The monoisotopic (exact) mass is 270 g/mol. The number of rotatable bonds is 4. The van der Waals surface area contributed by atoms with Crippen LogP contribution in [0.2, 0.25) is 0 Å². The Morgan fingerprint density at radius 2 is 1.94 bits per heavy atom. The third-order valence-electron chi connectivity index (χ3n) is 4.30. The Hall–Kier alpha value is -0.710. The summed E-state index contributed by atoms with van der Waals surface area (Å²) in [6, 6.07) is -0.214. The average molecular weight is 270 g/mol. The number of carbonyl (C=O) groups excluding carboxylic acids is 2. The fourth-order valence-electron chi connectivity index (χ4n) is 2.87. The molecule has 1 atom stereocenters. The maximum atomic E-state index is 12.4. The highest BCUT2D eigenvalue weighted by Gasteiger charge is 2.52. The number of nitrogens with one attached hydrogen (secondary N) is 1. The molecule has 1 heterocycles. The first-order valence-electron chi connectivity index (χ1n) is 6.75. The van der Waals surface area contributed by atoms with Gasteiger partial charge >= 0.3 is 6.03 Å². The molecule has 1 spiro atoms. The smallest absolute Gasteiger partial charge is 0.323 e. The summed E-state index contributed by atoms with van der Waals surface area (Å²) >= 11 is 4.32. The normalized spacial score (nSPS) is 24.1. The second-order valence-electron chi connectivity index (χ2n) is 5.82. The molecule has 0 aromatic heterocycles. The predicted octanol–water partition coefficient (Wildman–Crippen LogP) is 2.05. The molecule has 1 saturated heterocycles. The second-order valence-corrected chi connectivity index (χ2v) is 6.19. The van der Waals surface area contributed by atoms with Gasteiger partial charge in [0.25, 0.3) is 5.91 Å². The Morgan fingerprint density at radius 1 is 1.33 bits per heavy atom. The lowest BCUT2D eigenvalue weighted by Gasteiger charge is -2.24. The summed E-state index contributed by atoms with van der Waals surface area (Å²) in [5.74, 6) is 1.36. The van der Waals surface area contributed by atoms with E-state index < -0.39 is 5.54 Å². The zero-order chi connectivity index (χ0) is 13.3. The van der Waals surface area contributed by atoms with Crippen LogP contribution in [0.5, 0.6) is 0 Å². The van der Waals surface area contributed by atoms with Gasteiger partial charge in [-0.2, -0.15) is 12.6 Å². The van der Waals surface area contributed by atoms with Gasteiger partial charge in [0.15, 0.2) is 0 Å². The molecule has 1 saturated carbocycles. The molecule has 0 aromatic rings. The van der Waals surface area contributed by atoms with Crippen molar-refractivity contribution in [1.29, 1.82) is 0 Å². The second kappa shape index (κ2) is 5.11. The van der Waals surface area contributed by atoms with Gasteiger partial charge in [-0.25, -0.2) is 4.79 Å². The van der Waals surface area contributed by atoms with Crippen molar-refractivity contribution < 1.29 is 9.59 Å². The van der Waals surface area contributed by atoms with Crippen LogP contribution in [0.1, 0.15) is 39.5 Å². The van der Waals surface area contributed by atoms with Crippen LogP contribution in [0.3, 0.4) is 0 Å². The molecule has 1 unspecified atom stereocenters. The zero-order valence-electron chi connectivity index (χ0n) is 11.1. The summed E-state index contributed by atoms with van der Waals surface area (Å²) in [4.78, 5) is 25.8. The van der Waals surface area contributed by atoms with Crippen molar-refractivity contribution in [1.82, 2.24) is 10.2 Å². The first kappa shape index (κ1) is 13.7. The highest BCUT2D eigenvalue weighted by molar-refractivity contribution is 7.80. The van der Waals surface area contributed by atoms with E-state index in [0.717, 1.165) is 25.7 Å². The van der Waals surface area contributed by atoms with E-state index in [1.54, 1.807) is 0 Å². The number of amides is 3. The van der Waals surface area contributed by atoms with E-state index in [1.165, 1.54) is 4.90 Å². The van der Waals surface area contributed by atoms with Gasteiger partial charge < -0.3 is 5.32 Å². The number of carbonyl (C=O) groups is 2. The molecule has 18 heavy (non-hydrogen) atoms. The standard InChI is InChI=1S/C13H22N2O2S/c1-9(2)10(8-18)7-15-11(16)13(14-12(15)17)5-3-4-6-13/h9-10,18H,3-8H2,1-2H3,(H,14,17). The Morgan fingerprint density at radius 3 is 2.44 bits per heavy atom. The van der Waals surface area contributed by atoms with Crippen LogP contribution >= 0.6 is 12.6 Å². The third kappa shape index (κ3) is 2.25. The first-order chi connectivity index (χ1) is 8.50. The van der Waals surface area contributed by atoms with Gasteiger partial charge in [0.2, 0.25) is 0 Å². The van der Waals surface area contributed by atoms with Gasteiger partial charge in [-0.3, -0.25) is 9.69 Å². The molecule has 0 aromatic carbocycles. The van der Waals surface area contributed by atoms with Crippen LogP contribution in [0.25, 0.3) is 0 Å². The molecule has 0 bridgehead atoms. The average Bonchev–Trinajstić information content (AvgIpc) is 2.86. The van der Waals surface area contributed by atoms with Crippen LogP contribution < -0.4 is 5.32 Å². The van der Waals surface area contributed by atoms with Crippen molar-refractivity contribution >= 4 is 24.6 Å². The van der Waals surface area contributed by atoms with Crippen LogP contribution in [-0.4, -0.2) is 34.7 Å². The summed E-state index contributed by atoms with van der Waals surface area (Å²) in [6.45, 7) is 4.70. The highest BCUT2D eigenvalue weighted by Crippen LogP contribution is 2.35. The van der Waals surface area contributed by atoms with E-state index in [-0.39, 0.29) is 17.9 Å². The van der Waals surface area contributed by atoms with Gasteiger partial charge in [0.1, 0.15) is 5.54 Å². The largest absolute Gasteiger partial charge is 0.325 e. The number of hydrogen-bond acceptors (Lipinski definition) is 3. The van der Waals surface area contributed by atoms with Crippen molar-refractivity contribution in [2.45, 2.75) is 45.1 Å². The van der Waals surface area contributed by atoms with Gasteiger partial charge in [0, 0.05) is 6.54 Å². The lowest BCUT2D eigenvalue weighted by molar-refractivity contribution is -0.131. The lowest BCUT2D eigenvalue weighted by atomic mass is 9.95. The molecule has 1 N–H and O–H groups in total. The number of thiol groups is 1. The van der Waals surface area contributed by atoms with Crippen molar-refractivity contribution in [2.24, 2.45) is 11.8 Å². The maximum absolute atomic E-state index is 12.4. The fraction of sp³-hybridized carbons (Fsp3) is 0.846. The van der Waals surface area contributed by atoms with E-state index in [9.17, 15) is 9.59 Å². The Bertz CT molecular complexity index is 351. The quantitative estimate of drug-likeness (QED) is 0.607. The molecule has 102 valence electrons. The summed E-state index contributed by atoms with van der Waals surface area (Å²) in [7, 11) is 0. The Kier molecular flexibility index (Phi) is 3.90. The van der Waals surface area contributed by atoms with Crippen LogP contribution in [-0.2, 0) is 4.79 Å². The molecule has 0 radical (unpaired) electrons. The van der Waals surface area contributed by atoms with E-state index in [2.05, 4.69) is 31.8 Å². The molecule has 1 aliphatic carbocycles. The molecular formula is C13H22N2O2S. The van der Waals surface area contributed by atoms with E-state index in [0.29, 0.717) is 18.2 Å². The van der Waals surface area contributed by atoms with Crippen molar-refractivity contribution in [3.05, 3.63) is 0 Å². The number of imide groups is 1. The van der Waals surface area contributed by atoms with Crippen molar-refractivity contribution in [3.8, 4) is 0 Å². The van der Waals surface area contributed by atoms with Gasteiger partial charge in [-0.1, -0.05) is 26.7 Å². The topological polar surface area (TPSA) is 49.4 Å². The number of hydrogen-bond donors (Lipinski definition) is 2. The van der Waals surface area contributed by atoms with Gasteiger partial charge in [0.05, 0.1) is 0 Å². The molecule has 3 amide bonds. The summed E-state index contributed by atoms with van der Waals surface area (Å²) in [5, 5.41) is 2.91. The summed E-state index contributed by atoms with van der Waals surface area (Å²) < 4.78 is 0. The fourth-order valence-corrected chi connectivity index (χ4v) is 3.41. The molecule has 2 fully saturated rings. The van der Waals surface area contributed by atoms with Gasteiger partial charge in [-0.15, -0.1) is 0 Å². The van der Waals surface area contributed by atoms with Crippen molar-refractivity contribution in [3.63, 3.8) is 0 Å². The van der Waals surface area contributed by atoms with Crippen LogP contribution in [0.15, 0.2) is 0 Å². The molecular weight excluding hydrogens is 248 g/mol. The molecule has 5 heteroatoms. The molecule has 4 nitrogen and oxygen atoms in total. The summed E-state index contributed by atoms with van der Waals surface area (Å²) in [5.41, 5.74) is -0.574. The van der Waals surface area contributed by atoms with E-state index in [1.807, 2.05) is 0 Å². The number of nitrogens with zero attached hydrogens (tertiary/aromatic N) is 1. The van der Waals surface area contributed by atoms with Crippen molar-refractivity contribution in [2.75, 3.05) is 12.3 Å². The maximum Gasteiger partial charge on any atom is 0.325 e. The predicted molar refractivity (Wildman–Crippen MR) is 73.6 cm³/mol. The lowest BCUT2D eigenvalue weighted by Crippen LogP contribution is -2.44. The molecule has 1 aliphatic heterocycles. The van der Waals surface area contributed by atoms with E-state index in [4.69, 9.17) is 0 Å². The van der Waals surface area contributed by atoms with E-state index >= 15 is 0 Å².